The van der Waals surface area contributed by atoms with Crippen LogP contribution in [0.1, 0.15) is 24.0 Å². The molecule has 3 aromatic rings. The predicted molar refractivity (Wildman–Crippen MR) is 91.3 cm³/mol. The van der Waals surface area contributed by atoms with Crippen LogP contribution in [0.15, 0.2) is 51.8 Å². The Kier molecular flexibility index (Phi) is 4.78. The van der Waals surface area contributed by atoms with Crippen LogP contribution < -0.4 is 4.74 Å². The number of aromatic nitrogens is 1. The molecule has 0 spiro atoms. The zero-order valence-electron chi connectivity index (χ0n) is 12.5. The lowest BCUT2D eigenvalue weighted by molar-refractivity contribution is 0.310. The molecule has 22 heavy (non-hydrogen) atoms. The molecule has 0 atom stereocenters. The summed E-state index contributed by atoms with van der Waals surface area (Å²) in [5, 5.41) is 1.06. The van der Waals surface area contributed by atoms with E-state index in [2.05, 4.69) is 27.0 Å². The van der Waals surface area contributed by atoms with Crippen LogP contribution in [0.4, 0.5) is 0 Å². The third kappa shape index (κ3) is 3.33. The number of unbranched alkanes of at least 4 members (excludes halogenated alkanes) is 1. The second kappa shape index (κ2) is 6.97. The summed E-state index contributed by atoms with van der Waals surface area (Å²) in [5.74, 6) is 0.894. The Balaban J connectivity index is 1.56. The standard InChI is InChI=1S/C18H18BrNO2/c1-13-17-15(8-4-9-16(17)22-18(13)19)21-11-3-2-6-14-7-5-10-20-12-14/h4-5,7-10,12H,2-3,6,11H2,1H3. The van der Waals surface area contributed by atoms with Gasteiger partial charge in [0.25, 0.3) is 0 Å². The largest absolute Gasteiger partial charge is 0.493 e. The first-order valence-corrected chi connectivity index (χ1v) is 8.24. The van der Waals surface area contributed by atoms with Crippen LogP contribution in [-0.2, 0) is 6.42 Å². The SMILES string of the molecule is Cc1c(Br)oc2cccc(OCCCCc3cccnc3)c12. The van der Waals surface area contributed by atoms with Gasteiger partial charge < -0.3 is 9.15 Å². The van der Waals surface area contributed by atoms with E-state index in [-0.39, 0.29) is 0 Å². The van der Waals surface area contributed by atoms with E-state index in [9.17, 15) is 0 Å². The topological polar surface area (TPSA) is 35.3 Å². The molecule has 0 fully saturated rings. The molecule has 0 unspecified atom stereocenters. The van der Waals surface area contributed by atoms with Crippen molar-refractivity contribution in [3.63, 3.8) is 0 Å². The highest BCUT2D eigenvalue weighted by Crippen LogP contribution is 2.35. The van der Waals surface area contributed by atoms with Crippen LogP contribution in [0.5, 0.6) is 5.75 Å². The highest BCUT2D eigenvalue weighted by Gasteiger charge is 2.12. The Morgan fingerprint density at radius 3 is 2.91 bits per heavy atom. The molecule has 0 saturated heterocycles. The summed E-state index contributed by atoms with van der Waals surface area (Å²) in [7, 11) is 0. The van der Waals surface area contributed by atoms with Crippen molar-refractivity contribution in [3.8, 4) is 5.75 Å². The lowest BCUT2D eigenvalue weighted by atomic mass is 10.1. The molecule has 0 bridgehead atoms. The van der Waals surface area contributed by atoms with Gasteiger partial charge in [0.15, 0.2) is 4.67 Å². The quantitative estimate of drug-likeness (QED) is 0.560. The summed E-state index contributed by atoms with van der Waals surface area (Å²) < 4.78 is 12.4. The summed E-state index contributed by atoms with van der Waals surface area (Å²) in [4.78, 5) is 4.13. The molecule has 2 heterocycles. The van der Waals surface area contributed by atoms with Crippen molar-refractivity contribution in [2.45, 2.75) is 26.2 Å². The lowest BCUT2D eigenvalue weighted by Gasteiger charge is -2.07. The number of benzene rings is 1. The number of aryl methyl sites for hydroxylation is 2. The van der Waals surface area contributed by atoms with E-state index >= 15 is 0 Å². The van der Waals surface area contributed by atoms with Gasteiger partial charge in [-0.2, -0.15) is 0 Å². The molecule has 0 N–H and O–H groups in total. The van der Waals surface area contributed by atoms with Gasteiger partial charge in [-0.1, -0.05) is 12.1 Å². The molecule has 0 amide bonds. The number of nitrogens with zero attached hydrogens (tertiary/aromatic N) is 1. The van der Waals surface area contributed by atoms with Crippen LogP contribution in [0.25, 0.3) is 11.0 Å². The van der Waals surface area contributed by atoms with Crippen molar-refractivity contribution in [2.24, 2.45) is 0 Å². The van der Waals surface area contributed by atoms with Crippen LogP contribution in [-0.4, -0.2) is 11.6 Å². The highest BCUT2D eigenvalue weighted by atomic mass is 79.9. The highest BCUT2D eigenvalue weighted by molar-refractivity contribution is 9.10. The van der Waals surface area contributed by atoms with Gasteiger partial charge in [-0.25, -0.2) is 0 Å². The maximum atomic E-state index is 5.95. The van der Waals surface area contributed by atoms with E-state index in [4.69, 9.17) is 9.15 Å². The maximum Gasteiger partial charge on any atom is 0.173 e. The second-order valence-corrected chi connectivity index (χ2v) is 6.02. The van der Waals surface area contributed by atoms with Gasteiger partial charge in [0.1, 0.15) is 11.3 Å². The minimum absolute atomic E-state index is 0.710. The minimum Gasteiger partial charge on any atom is -0.493 e. The molecule has 0 aliphatic carbocycles. The number of fused-ring (bicyclic) bond motifs is 1. The number of ether oxygens (including phenoxy) is 1. The number of pyridine rings is 1. The normalized spacial score (nSPS) is 11.0. The molecule has 3 rings (SSSR count). The zero-order chi connectivity index (χ0) is 15.4. The van der Waals surface area contributed by atoms with E-state index in [1.54, 1.807) is 6.20 Å². The van der Waals surface area contributed by atoms with Crippen molar-refractivity contribution < 1.29 is 9.15 Å². The second-order valence-electron chi connectivity index (χ2n) is 5.30. The average Bonchev–Trinajstić information content (AvgIpc) is 2.83. The summed E-state index contributed by atoms with van der Waals surface area (Å²) in [5.41, 5.74) is 3.22. The Labute approximate surface area is 138 Å². The lowest BCUT2D eigenvalue weighted by Crippen LogP contribution is -1.99. The van der Waals surface area contributed by atoms with Crippen LogP contribution >= 0.6 is 15.9 Å². The first-order valence-electron chi connectivity index (χ1n) is 7.45. The van der Waals surface area contributed by atoms with E-state index in [1.165, 1.54) is 5.56 Å². The van der Waals surface area contributed by atoms with E-state index in [0.29, 0.717) is 6.61 Å². The molecular formula is C18H18BrNO2. The van der Waals surface area contributed by atoms with Gasteiger partial charge in [0, 0.05) is 18.0 Å². The fourth-order valence-electron chi connectivity index (χ4n) is 2.52. The van der Waals surface area contributed by atoms with E-state index < -0.39 is 0 Å². The van der Waals surface area contributed by atoms with Crippen molar-refractivity contribution in [3.05, 3.63) is 58.5 Å². The molecule has 0 radical (unpaired) electrons. The van der Waals surface area contributed by atoms with E-state index in [1.807, 2.05) is 37.4 Å². The van der Waals surface area contributed by atoms with Gasteiger partial charge in [0.05, 0.1) is 12.0 Å². The minimum atomic E-state index is 0.710. The number of hydrogen-bond acceptors (Lipinski definition) is 3. The Morgan fingerprint density at radius 1 is 1.18 bits per heavy atom. The summed E-state index contributed by atoms with van der Waals surface area (Å²) in [6.07, 6.45) is 6.88. The molecule has 0 aliphatic rings. The van der Waals surface area contributed by atoms with Gasteiger partial charge in [-0.15, -0.1) is 0 Å². The monoisotopic (exact) mass is 359 g/mol. The number of rotatable bonds is 6. The van der Waals surface area contributed by atoms with Crippen LogP contribution in [0, 0.1) is 6.92 Å². The van der Waals surface area contributed by atoms with E-state index in [0.717, 1.165) is 46.2 Å². The molecular weight excluding hydrogens is 342 g/mol. The smallest absolute Gasteiger partial charge is 0.173 e. The zero-order valence-corrected chi connectivity index (χ0v) is 14.1. The number of furan rings is 1. The first kappa shape index (κ1) is 15.1. The number of hydrogen-bond donors (Lipinski definition) is 0. The van der Waals surface area contributed by atoms with Gasteiger partial charge in [-0.3, -0.25) is 4.98 Å². The fourth-order valence-corrected chi connectivity index (χ4v) is 2.89. The molecule has 1 aromatic carbocycles. The van der Waals surface area contributed by atoms with Gasteiger partial charge >= 0.3 is 0 Å². The Bertz CT molecular complexity index is 752. The molecule has 2 aromatic heterocycles. The first-order chi connectivity index (χ1) is 10.8. The summed E-state index contributed by atoms with van der Waals surface area (Å²) in [6.45, 7) is 2.74. The molecule has 0 saturated carbocycles. The summed E-state index contributed by atoms with van der Waals surface area (Å²) in [6, 6.07) is 10.0. The fraction of sp³-hybridized carbons (Fsp3) is 0.278. The van der Waals surface area contributed by atoms with Crippen molar-refractivity contribution in [2.75, 3.05) is 6.61 Å². The van der Waals surface area contributed by atoms with Gasteiger partial charge in [0.2, 0.25) is 0 Å². The van der Waals surface area contributed by atoms with Crippen molar-refractivity contribution in [1.82, 2.24) is 4.98 Å². The van der Waals surface area contributed by atoms with Crippen molar-refractivity contribution in [1.29, 1.82) is 0 Å². The third-order valence-corrected chi connectivity index (χ3v) is 4.45. The van der Waals surface area contributed by atoms with Crippen LogP contribution in [0.3, 0.4) is 0 Å². The molecule has 114 valence electrons. The third-order valence-electron chi connectivity index (χ3n) is 3.70. The predicted octanol–water partition coefficient (Wildman–Crippen LogP) is 5.30. The average molecular weight is 360 g/mol. The Morgan fingerprint density at radius 2 is 2.09 bits per heavy atom. The maximum absolute atomic E-state index is 5.95. The molecule has 4 heteroatoms. The number of halogens is 1. The van der Waals surface area contributed by atoms with Crippen molar-refractivity contribution >= 4 is 26.9 Å². The summed E-state index contributed by atoms with van der Waals surface area (Å²) >= 11 is 3.43. The molecule has 3 nitrogen and oxygen atoms in total. The molecule has 0 aliphatic heterocycles. The van der Waals surface area contributed by atoms with Crippen LogP contribution in [0.2, 0.25) is 0 Å². The van der Waals surface area contributed by atoms with Gasteiger partial charge in [-0.05, 0) is 65.9 Å². The Hall–Kier alpha value is -1.81.